The molecule has 0 spiro atoms. The number of halogens is 1. The molecule has 4 nitrogen and oxygen atoms in total. The number of hydrogen-bond acceptors (Lipinski definition) is 3. The first kappa shape index (κ1) is 16.5. The summed E-state index contributed by atoms with van der Waals surface area (Å²) in [6, 6.07) is 15.4. The van der Waals surface area contributed by atoms with Crippen LogP contribution in [0.3, 0.4) is 0 Å². The first-order valence-electron chi connectivity index (χ1n) is 7.71. The van der Waals surface area contributed by atoms with E-state index in [0.29, 0.717) is 17.0 Å². The second kappa shape index (κ2) is 7.01. The summed E-state index contributed by atoms with van der Waals surface area (Å²) in [5.74, 6) is 0.270. The van der Waals surface area contributed by atoms with Crippen LogP contribution in [0.15, 0.2) is 57.5 Å². The van der Waals surface area contributed by atoms with Gasteiger partial charge in [0.15, 0.2) is 0 Å². The van der Waals surface area contributed by atoms with Crippen LogP contribution in [0.25, 0.3) is 11.3 Å². The third-order valence-electron chi connectivity index (χ3n) is 3.78. The molecule has 0 radical (unpaired) electrons. The molecule has 0 unspecified atom stereocenters. The molecule has 0 bridgehead atoms. The van der Waals surface area contributed by atoms with Gasteiger partial charge in [0.05, 0.1) is 0 Å². The lowest BCUT2D eigenvalue weighted by molar-refractivity contribution is 0.102. The van der Waals surface area contributed by atoms with Crippen molar-refractivity contribution in [2.45, 2.75) is 20.3 Å². The molecule has 0 saturated heterocycles. The number of nitrogens with one attached hydrogen (secondary N) is 1. The number of amides is 1. The predicted molar refractivity (Wildman–Crippen MR) is 98.1 cm³/mol. The molecule has 3 rings (SSSR count). The Labute approximate surface area is 149 Å². The lowest BCUT2D eigenvalue weighted by Gasteiger charge is -2.07. The van der Waals surface area contributed by atoms with Crippen LogP contribution in [0, 0.1) is 6.92 Å². The fraction of sp³-hybridized carbons (Fsp3) is 0.158. The number of rotatable bonds is 4. The summed E-state index contributed by atoms with van der Waals surface area (Å²) < 4.78 is 6.19. The normalized spacial score (nSPS) is 10.6. The van der Waals surface area contributed by atoms with Gasteiger partial charge in [-0.15, -0.1) is 0 Å². The molecule has 1 heterocycles. The molecule has 1 aromatic heterocycles. The van der Waals surface area contributed by atoms with Gasteiger partial charge in [0, 0.05) is 15.7 Å². The van der Waals surface area contributed by atoms with Crippen molar-refractivity contribution < 1.29 is 9.32 Å². The maximum absolute atomic E-state index is 12.8. The van der Waals surface area contributed by atoms with Gasteiger partial charge < -0.3 is 9.84 Å². The largest absolute Gasteiger partial charge is 0.360 e. The highest BCUT2D eigenvalue weighted by Gasteiger charge is 2.21. The van der Waals surface area contributed by atoms with Gasteiger partial charge in [-0.1, -0.05) is 52.3 Å². The van der Waals surface area contributed by atoms with Crippen LogP contribution in [-0.4, -0.2) is 11.1 Å². The molecule has 1 N–H and O–H groups in total. The first-order valence-corrected chi connectivity index (χ1v) is 8.50. The molecule has 0 aliphatic carbocycles. The Balaban J connectivity index is 1.94. The summed E-state index contributed by atoms with van der Waals surface area (Å²) in [4.78, 5) is 12.8. The molecule has 5 heteroatoms. The monoisotopic (exact) mass is 384 g/mol. The molecule has 0 aliphatic heterocycles. The van der Waals surface area contributed by atoms with Crippen molar-refractivity contribution in [3.63, 3.8) is 0 Å². The van der Waals surface area contributed by atoms with Gasteiger partial charge in [0.1, 0.15) is 17.0 Å². The maximum Gasteiger partial charge on any atom is 0.261 e. The van der Waals surface area contributed by atoms with Gasteiger partial charge in [-0.2, -0.15) is 0 Å². The molecular weight excluding hydrogens is 368 g/mol. The van der Waals surface area contributed by atoms with E-state index in [-0.39, 0.29) is 5.91 Å². The van der Waals surface area contributed by atoms with Crippen molar-refractivity contribution in [3.8, 4) is 11.3 Å². The van der Waals surface area contributed by atoms with Crippen LogP contribution >= 0.6 is 15.9 Å². The van der Waals surface area contributed by atoms with Gasteiger partial charge in [0.25, 0.3) is 5.91 Å². The van der Waals surface area contributed by atoms with E-state index in [2.05, 4.69) is 33.3 Å². The Bertz CT molecular complexity index is 887. The molecule has 0 saturated carbocycles. The van der Waals surface area contributed by atoms with E-state index >= 15 is 0 Å². The van der Waals surface area contributed by atoms with Crippen molar-refractivity contribution in [3.05, 3.63) is 69.9 Å². The number of nitrogens with zero attached hydrogens (tertiary/aromatic N) is 1. The lowest BCUT2D eigenvalue weighted by Crippen LogP contribution is -2.13. The standard InChI is InChI=1S/C19H17BrN2O2/c1-3-13-6-4-9-16(10-13)21-19(23)17-12(2)24-22-18(17)14-7-5-8-15(20)11-14/h4-11H,3H2,1-2H3,(H,21,23). The SMILES string of the molecule is CCc1cccc(NC(=O)c2c(-c3cccc(Br)c3)noc2C)c1. The molecule has 2 aromatic carbocycles. The minimum Gasteiger partial charge on any atom is -0.360 e. The zero-order valence-corrected chi connectivity index (χ0v) is 15.1. The lowest BCUT2D eigenvalue weighted by atomic mass is 10.1. The summed E-state index contributed by atoms with van der Waals surface area (Å²) in [5.41, 5.74) is 3.75. The maximum atomic E-state index is 12.8. The van der Waals surface area contributed by atoms with Crippen LogP contribution in [0.4, 0.5) is 5.69 Å². The number of carbonyl (C=O) groups excluding carboxylic acids is 1. The number of hydrogen-bond donors (Lipinski definition) is 1. The number of aromatic nitrogens is 1. The molecule has 3 aromatic rings. The van der Waals surface area contributed by atoms with E-state index in [1.54, 1.807) is 6.92 Å². The third kappa shape index (κ3) is 3.41. The Hall–Kier alpha value is -2.40. The number of anilines is 1. The summed E-state index contributed by atoms with van der Waals surface area (Å²) in [7, 11) is 0. The van der Waals surface area contributed by atoms with E-state index in [1.807, 2.05) is 48.5 Å². The molecular formula is C19H17BrN2O2. The van der Waals surface area contributed by atoms with Crippen LogP contribution in [-0.2, 0) is 6.42 Å². The highest BCUT2D eigenvalue weighted by molar-refractivity contribution is 9.10. The van der Waals surface area contributed by atoms with Crippen LogP contribution in [0.1, 0.15) is 28.6 Å². The molecule has 1 amide bonds. The topological polar surface area (TPSA) is 55.1 Å². The van der Waals surface area contributed by atoms with Crippen LogP contribution in [0.2, 0.25) is 0 Å². The zero-order valence-electron chi connectivity index (χ0n) is 13.5. The molecule has 0 fully saturated rings. The average molecular weight is 385 g/mol. The Morgan fingerprint density at radius 3 is 2.75 bits per heavy atom. The Kier molecular flexibility index (Phi) is 4.81. The minimum atomic E-state index is -0.225. The van der Waals surface area contributed by atoms with E-state index in [0.717, 1.165) is 22.1 Å². The predicted octanol–water partition coefficient (Wildman–Crippen LogP) is 5.23. The van der Waals surface area contributed by atoms with Crippen LogP contribution < -0.4 is 5.32 Å². The van der Waals surface area contributed by atoms with Crippen LogP contribution in [0.5, 0.6) is 0 Å². The van der Waals surface area contributed by atoms with E-state index in [1.165, 1.54) is 5.56 Å². The van der Waals surface area contributed by atoms with Gasteiger partial charge >= 0.3 is 0 Å². The zero-order chi connectivity index (χ0) is 17.1. The summed E-state index contributed by atoms with van der Waals surface area (Å²) in [6.07, 6.45) is 0.916. The van der Waals surface area contributed by atoms with E-state index < -0.39 is 0 Å². The summed E-state index contributed by atoms with van der Waals surface area (Å²) >= 11 is 3.44. The van der Waals surface area contributed by atoms with Gasteiger partial charge in [0.2, 0.25) is 0 Å². The quantitative estimate of drug-likeness (QED) is 0.669. The summed E-state index contributed by atoms with van der Waals surface area (Å²) in [6.45, 7) is 3.82. The van der Waals surface area contributed by atoms with Crippen molar-refractivity contribution in [1.82, 2.24) is 5.16 Å². The molecule has 0 aliphatic rings. The first-order chi connectivity index (χ1) is 11.6. The second-order valence-electron chi connectivity index (χ2n) is 5.48. The number of carbonyl (C=O) groups is 1. The number of aryl methyl sites for hydroxylation is 2. The van der Waals surface area contributed by atoms with Gasteiger partial charge in [-0.05, 0) is 43.2 Å². The van der Waals surface area contributed by atoms with Crippen molar-refractivity contribution >= 4 is 27.5 Å². The van der Waals surface area contributed by atoms with Gasteiger partial charge in [-0.3, -0.25) is 4.79 Å². The highest BCUT2D eigenvalue weighted by Crippen LogP contribution is 2.28. The van der Waals surface area contributed by atoms with E-state index in [4.69, 9.17) is 4.52 Å². The average Bonchev–Trinajstić information content (AvgIpc) is 2.97. The minimum absolute atomic E-state index is 0.225. The van der Waals surface area contributed by atoms with Crippen molar-refractivity contribution in [2.24, 2.45) is 0 Å². The fourth-order valence-corrected chi connectivity index (χ4v) is 2.93. The van der Waals surface area contributed by atoms with E-state index in [9.17, 15) is 4.79 Å². The van der Waals surface area contributed by atoms with Crippen molar-refractivity contribution in [2.75, 3.05) is 5.32 Å². The Morgan fingerprint density at radius 2 is 2.00 bits per heavy atom. The molecule has 122 valence electrons. The van der Waals surface area contributed by atoms with Gasteiger partial charge in [-0.25, -0.2) is 0 Å². The third-order valence-corrected chi connectivity index (χ3v) is 4.27. The second-order valence-corrected chi connectivity index (χ2v) is 6.40. The number of benzene rings is 2. The fourth-order valence-electron chi connectivity index (χ4n) is 2.53. The highest BCUT2D eigenvalue weighted by atomic mass is 79.9. The Morgan fingerprint density at radius 1 is 1.21 bits per heavy atom. The molecule has 24 heavy (non-hydrogen) atoms. The molecule has 0 atom stereocenters. The summed E-state index contributed by atoms with van der Waals surface area (Å²) in [5, 5.41) is 7.00. The smallest absolute Gasteiger partial charge is 0.261 e. The van der Waals surface area contributed by atoms with Crippen molar-refractivity contribution in [1.29, 1.82) is 0 Å².